The molecule has 0 aliphatic rings. The highest BCUT2D eigenvalue weighted by molar-refractivity contribution is 7.80. The van der Waals surface area contributed by atoms with E-state index in [4.69, 9.17) is 12.2 Å². The van der Waals surface area contributed by atoms with Crippen molar-refractivity contribution in [2.45, 2.75) is 33.2 Å². The first-order chi connectivity index (χ1) is 7.11. The number of anilines is 1. The summed E-state index contributed by atoms with van der Waals surface area (Å²) in [4.78, 5) is 4.17. The summed E-state index contributed by atoms with van der Waals surface area (Å²) < 4.78 is 0. The number of aromatic nitrogens is 1. The molecule has 0 spiro atoms. The van der Waals surface area contributed by atoms with Crippen LogP contribution < -0.4 is 10.6 Å². The Kier molecular flexibility index (Phi) is 4.49. The van der Waals surface area contributed by atoms with Crippen LogP contribution in [0.15, 0.2) is 18.3 Å². The van der Waals surface area contributed by atoms with Gasteiger partial charge in [-0.1, -0.05) is 6.92 Å². The van der Waals surface area contributed by atoms with Gasteiger partial charge in [0.1, 0.15) is 5.82 Å². The molecule has 1 heterocycles. The maximum atomic E-state index is 5.16. The second-order valence-electron chi connectivity index (χ2n) is 3.63. The van der Waals surface area contributed by atoms with Gasteiger partial charge in [-0.15, -0.1) is 0 Å². The second kappa shape index (κ2) is 5.66. The molecule has 0 aromatic carbocycles. The highest BCUT2D eigenvalue weighted by Gasteiger charge is 2.02. The molecule has 0 aliphatic carbocycles. The highest BCUT2D eigenvalue weighted by atomic mass is 32.1. The van der Waals surface area contributed by atoms with Crippen molar-refractivity contribution < 1.29 is 0 Å². The van der Waals surface area contributed by atoms with Crippen LogP contribution in [-0.4, -0.2) is 16.1 Å². The summed E-state index contributed by atoms with van der Waals surface area (Å²) >= 11 is 5.16. The van der Waals surface area contributed by atoms with E-state index in [0.29, 0.717) is 11.2 Å². The van der Waals surface area contributed by atoms with Crippen LogP contribution in [0.3, 0.4) is 0 Å². The number of hydrogen-bond donors (Lipinski definition) is 2. The Morgan fingerprint density at radius 2 is 2.33 bits per heavy atom. The molecule has 15 heavy (non-hydrogen) atoms. The third-order valence-electron chi connectivity index (χ3n) is 2.15. The Hall–Kier alpha value is -1.16. The molecule has 1 aromatic heterocycles. The topological polar surface area (TPSA) is 37.0 Å². The lowest BCUT2D eigenvalue weighted by Crippen LogP contribution is -2.35. The molecule has 2 N–H and O–H groups in total. The van der Waals surface area contributed by atoms with Gasteiger partial charge in [-0.25, -0.2) is 4.98 Å². The Bertz CT molecular complexity index is 338. The summed E-state index contributed by atoms with van der Waals surface area (Å²) in [6.45, 7) is 6.24. The third kappa shape index (κ3) is 4.25. The van der Waals surface area contributed by atoms with Crippen molar-refractivity contribution in [1.29, 1.82) is 0 Å². The molecular formula is C11H17N3S. The molecule has 0 amide bonds. The predicted octanol–water partition coefficient (Wildman–Crippen LogP) is 2.47. The Labute approximate surface area is 96.3 Å². The van der Waals surface area contributed by atoms with Crippen LogP contribution in [0, 0.1) is 6.92 Å². The Morgan fingerprint density at radius 3 is 2.93 bits per heavy atom. The second-order valence-corrected chi connectivity index (χ2v) is 4.03. The van der Waals surface area contributed by atoms with Crippen molar-refractivity contribution in [2.75, 3.05) is 5.32 Å². The lowest BCUT2D eigenvalue weighted by Gasteiger charge is -2.14. The number of hydrogen-bond acceptors (Lipinski definition) is 2. The summed E-state index contributed by atoms with van der Waals surface area (Å²) in [7, 11) is 0. The van der Waals surface area contributed by atoms with Crippen molar-refractivity contribution >= 4 is 23.1 Å². The SMILES string of the molecule is CCC(C)NC(=S)Nc1cc(C)ccn1. The summed E-state index contributed by atoms with van der Waals surface area (Å²) in [5, 5.41) is 6.86. The van der Waals surface area contributed by atoms with Crippen LogP contribution >= 0.6 is 12.2 Å². The highest BCUT2D eigenvalue weighted by Crippen LogP contribution is 2.05. The van der Waals surface area contributed by atoms with Gasteiger partial charge in [0.05, 0.1) is 0 Å². The first-order valence-corrected chi connectivity index (χ1v) is 5.52. The van der Waals surface area contributed by atoms with Crippen LogP contribution in [0.25, 0.3) is 0 Å². The van der Waals surface area contributed by atoms with Crippen LogP contribution in [-0.2, 0) is 0 Å². The van der Waals surface area contributed by atoms with E-state index in [9.17, 15) is 0 Å². The molecule has 0 radical (unpaired) electrons. The first kappa shape index (κ1) is 11.9. The average Bonchev–Trinajstić information content (AvgIpc) is 2.17. The molecule has 82 valence electrons. The van der Waals surface area contributed by atoms with Gasteiger partial charge in [0, 0.05) is 12.2 Å². The van der Waals surface area contributed by atoms with Gasteiger partial charge in [0.25, 0.3) is 0 Å². The lowest BCUT2D eigenvalue weighted by atomic mass is 10.3. The third-order valence-corrected chi connectivity index (χ3v) is 2.37. The van der Waals surface area contributed by atoms with E-state index in [1.807, 2.05) is 19.1 Å². The van der Waals surface area contributed by atoms with Crippen LogP contribution in [0.2, 0.25) is 0 Å². The molecular weight excluding hydrogens is 206 g/mol. The average molecular weight is 223 g/mol. The maximum absolute atomic E-state index is 5.16. The first-order valence-electron chi connectivity index (χ1n) is 5.12. The molecule has 0 fully saturated rings. The van der Waals surface area contributed by atoms with E-state index in [1.54, 1.807) is 6.20 Å². The summed E-state index contributed by atoms with van der Waals surface area (Å²) in [5.41, 5.74) is 1.17. The smallest absolute Gasteiger partial charge is 0.172 e. The standard InChI is InChI=1S/C11H17N3S/c1-4-9(3)13-11(15)14-10-7-8(2)5-6-12-10/h5-7,9H,4H2,1-3H3,(H2,12,13,14,15). The van der Waals surface area contributed by atoms with Crippen LogP contribution in [0.4, 0.5) is 5.82 Å². The van der Waals surface area contributed by atoms with E-state index in [-0.39, 0.29) is 0 Å². The van der Waals surface area contributed by atoms with E-state index < -0.39 is 0 Å². The molecule has 1 rings (SSSR count). The van der Waals surface area contributed by atoms with Gasteiger partial charge >= 0.3 is 0 Å². The summed E-state index contributed by atoms with van der Waals surface area (Å²) in [6.07, 6.45) is 2.81. The zero-order valence-electron chi connectivity index (χ0n) is 9.37. The van der Waals surface area contributed by atoms with Gasteiger partial charge in [-0.05, 0) is 50.2 Å². The molecule has 1 aromatic rings. The van der Waals surface area contributed by atoms with Gasteiger partial charge in [0.2, 0.25) is 0 Å². The Balaban J connectivity index is 2.51. The van der Waals surface area contributed by atoms with Crippen molar-refractivity contribution in [1.82, 2.24) is 10.3 Å². The van der Waals surface area contributed by atoms with Crippen molar-refractivity contribution in [2.24, 2.45) is 0 Å². The minimum Gasteiger partial charge on any atom is -0.360 e. The normalized spacial score (nSPS) is 11.9. The summed E-state index contributed by atoms with van der Waals surface area (Å²) in [5.74, 6) is 0.788. The minimum atomic E-state index is 0.384. The molecule has 0 aliphatic heterocycles. The quantitative estimate of drug-likeness (QED) is 0.772. The fraction of sp³-hybridized carbons (Fsp3) is 0.455. The van der Waals surface area contributed by atoms with E-state index in [2.05, 4.69) is 29.5 Å². The van der Waals surface area contributed by atoms with Gasteiger partial charge in [-0.3, -0.25) is 0 Å². The van der Waals surface area contributed by atoms with Crippen molar-refractivity contribution in [3.8, 4) is 0 Å². The monoisotopic (exact) mass is 223 g/mol. The molecule has 4 heteroatoms. The van der Waals surface area contributed by atoms with Crippen molar-refractivity contribution in [3.05, 3.63) is 23.9 Å². The maximum Gasteiger partial charge on any atom is 0.172 e. The zero-order valence-corrected chi connectivity index (χ0v) is 10.2. The minimum absolute atomic E-state index is 0.384. The van der Waals surface area contributed by atoms with Gasteiger partial charge in [-0.2, -0.15) is 0 Å². The number of thiocarbonyl (C=S) groups is 1. The lowest BCUT2D eigenvalue weighted by molar-refractivity contribution is 0.646. The van der Waals surface area contributed by atoms with Crippen LogP contribution in [0.1, 0.15) is 25.8 Å². The molecule has 0 bridgehead atoms. The number of rotatable bonds is 3. The van der Waals surface area contributed by atoms with E-state index in [1.165, 1.54) is 5.56 Å². The van der Waals surface area contributed by atoms with Gasteiger partial charge < -0.3 is 10.6 Å². The Morgan fingerprint density at radius 1 is 1.60 bits per heavy atom. The number of aryl methyl sites for hydroxylation is 1. The predicted molar refractivity (Wildman–Crippen MR) is 68.1 cm³/mol. The summed E-state index contributed by atoms with van der Waals surface area (Å²) in [6, 6.07) is 4.30. The fourth-order valence-corrected chi connectivity index (χ4v) is 1.39. The van der Waals surface area contributed by atoms with Crippen molar-refractivity contribution in [3.63, 3.8) is 0 Å². The molecule has 0 saturated carbocycles. The number of pyridine rings is 1. The van der Waals surface area contributed by atoms with Gasteiger partial charge in [0.15, 0.2) is 5.11 Å². The molecule has 0 saturated heterocycles. The van der Waals surface area contributed by atoms with Crippen LogP contribution in [0.5, 0.6) is 0 Å². The number of nitrogens with one attached hydrogen (secondary N) is 2. The largest absolute Gasteiger partial charge is 0.360 e. The number of nitrogens with zero attached hydrogens (tertiary/aromatic N) is 1. The fourth-order valence-electron chi connectivity index (χ4n) is 1.08. The molecule has 3 nitrogen and oxygen atoms in total. The van der Waals surface area contributed by atoms with E-state index in [0.717, 1.165) is 12.2 Å². The zero-order chi connectivity index (χ0) is 11.3. The van der Waals surface area contributed by atoms with E-state index >= 15 is 0 Å². The molecule has 1 atom stereocenters. The molecule has 1 unspecified atom stereocenters.